The molecule has 10 heteroatoms. The summed E-state index contributed by atoms with van der Waals surface area (Å²) in [6.07, 6.45) is 1.61. The molecule has 1 N–H and O–H groups in total. The molecule has 0 bridgehead atoms. The van der Waals surface area contributed by atoms with Crippen molar-refractivity contribution in [2.75, 3.05) is 5.32 Å². The zero-order valence-electron chi connectivity index (χ0n) is 14.0. The van der Waals surface area contributed by atoms with E-state index in [9.17, 15) is 9.59 Å². The zero-order valence-corrected chi connectivity index (χ0v) is 15.6. The normalized spacial score (nSPS) is 11.0. The highest BCUT2D eigenvalue weighted by Crippen LogP contribution is 2.28. The number of aromatic nitrogens is 5. The molecule has 0 aliphatic carbocycles. The van der Waals surface area contributed by atoms with Crippen LogP contribution in [-0.4, -0.2) is 30.3 Å². The Kier molecular flexibility index (Phi) is 4.99. The number of thioether (sulfide) groups is 1. The van der Waals surface area contributed by atoms with Gasteiger partial charge in [-0.25, -0.2) is 9.48 Å². The summed E-state index contributed by atoms with van der Waals surface area (Å²) in [6, 6.07) is 15.3. The number of hydrogen-bond donors (Lipinski definition) is 1. The van der Waals surface area contributed by atoms with Crippen LogP contribution in [0.25, 0.3) is 5.65 Å². The summed E-state index contributed by atoms with van der Waals surface area (Å²) in [5.41, 5.74) is 1.32. The van der Waals surface area contributed by atoms with Crippen LogP contribution in [0.15, 0.2) is 63.9 Å². The number of carbonyl (C=O) groups excluding carboxylic acids is 1. The highest BCUT2D eigenvalue weighted by atomic mass is 32.2. The van der Waals surface area contributed by atoms with Gasteiger partial charge in [0, 0.05) is 11.9 Å². The molecule has 3 aromatic heterocycles. The number of nitrogens with zero attached hydrogens (tertiary/aromatic N) is 5. The van der Waals surface area contributed by atoms with Crippen LogP contribution < -0.4 is 11.0 Å². The first-order chi connectivity index (χ1) is 13.2. The Balaban J connectivity index is 1.37. The van der Waals surface area contributed by atoms with Crippen LogP contribution in [0.4, 0.5) is 5.13 Å². The molecule has 1 amide bonds. The van der Waals surface area contributed by atoms with Gasteiger partial charge in [-0.15, -0.1) is 15.3 Å². The first-order valence-corrected chi connectivity index (χ1v) is 9.83. The van der Waals surface area contributed by atoms with Crippen molar-refractivity contribution in [3.05, 3.63) is 70.8 Å². The number of amides is 1. The second-order valence-electron chi connectivity index (χ2n) is 5.56. The van der Waals surface area contributed by atoms with Crippen LogP contribution >= 0.6 is 23.1 Å². The van der Waals surface area contributed by atoms with Gasteiger partial charge in [-0.2, -0.15) is 0 Å². The van der Waals surface area contributed by atoms with Crippen LogP contribution in [-0.2, 0) is 17.1 Å². The van der Waals surface area contributed by atoms with Crippen LogP contribution in [0.2, 0.25) is 0 Å². The van der Waals surface area contributed by atoms with E-state index in [1.54, 1.807) is 36.2 Å². The highest BCUT2D eigenvalue weighted by Gasteiger charge is 2.13. The summed E-state index contributed by atoms with van der Waals surface area (Å²) in [4.78, 5) is 24.4. The van der Waals surface area contributed by atoms with Gasteiger partial charge < -0.3 is 0 Å². The fourth-order valence-electron chi connectivity index (χ4n) is 2.40. The summed E-state index contributed by atoms with van der Waals surface area (Å²) >= 11 is 2.85. The molecule has 27 heavy (non-hydrogen) atoms. The number of carbonyl (C=O) groups is 1. The minimum Gasteiger partial charge on any atom is -0.299 e. The highest BCUT2D eigenvalue weighted by molar-refractivity contribution is 8.00. The maximum Gasteiger partial charge on any atom is 0.350 e. The Labute approximate surface area is 161 Å². The number of rotatable bonds is 6. The summed E-state index contributed by atoms with van der Waals surface area (Å²) in [7, 11) is 0. The van der Waals surface area contributed by atoms with E-state index in [2.05, 4.69) is 20.6 Å². The van der Waals surface area contributed by atoms with Gasteiger partial charge in [0.25, 0.3) is 0 Å². The molecule has 0 fully saturated rings. The number of nitrogens with one attached hydrogen (secondary N) is 1. The number of fused-ring (bicyclic) bond motifs is 1. The molecule has 0 aliphatic heterocycles. The topological polar surface area (TPSA) is 94.2 Å². The second-order valence-corrected chi connectivity index (χ2v) is 7.76. The van der Waals surface area contributed by atoms with Gasteiger partial charge in [-0.1, -0.05) is 59.5 Å². The second kappa shape index (κ2) is 7.72. The molecule has 4 aromatic rings. The van der Waals surface area contributed by atoms with E-state index >= 15 is 0 Å². The molecule has 4 rings (SSSR count). The SMILES string of the molecule is O=C(Cn1nc2ccccn2c1=O)Nc1nnc(SCc2ccccc2)s1. The maximum atomic E-state index is 12.2. The minimum absolute atomic E-state index is 0.188. The number of hydrogen-bond acceptors (Lipinski definition) is 7. The van der Waals surface area contributed by atoms with Crippen LogP contribution in [0.5, 0.6) is 0 Å². The summed E-state index contributed by atoms with van der Waals surface area (Å²) in [5.74, 6) is 0.399. The smallest absolute Gasteiger partial charge is 0.299 e. The van der Waals surface area contributed by atoms with E-state index in [4.69, 9.17) is 0 Å². The molecule has 0 unspecified atom stereocenters. The summed E-state index contributed by atoms with van der Waals surface area (Å²) in [5, 5.41) is 15.2. The molecule has 0 radical (unpaired) electrons. The van der Waals surface area contributed by atoms with Crippen molar-refractivity contribution in [1.82, 2.24) is 24.4 Å². The van der Waals surface area contributed by atoms with Crippen molar-refractivity contribution in [2.24, 2.45) is 0 Å². The molecule has 0 aliphatic rings. The average Bonchev–Trinajstić information content (AvgIpc) is 3.26. The summed E-state index contributed by atoms with van der Waals surface area (Å²) in [6.45, 7) is -0.188. The van der Waals surface area contributed by atoms with Gasteiger partial charge in [0.1, 0.15) is 6.54 Å². The fraction of sp³-hybridized carbons (Fsp3) is 0.118. The molecule has 0 atom stereocenters. The Morgan fingerprint density at radius 2 is 1.93 bits per heavy atom. The summed E-state index contributed by atoms with van der Waals surface area (Å²) < 4.78 is 3.27. The Morgan fingerprint density at radius 3 is 2.74 bits per heavy atom. The van der Waals surface area contributed by atoms with E-state index in [1.165, 1.54) is 21.3 Å². The molecule has 3 heterocycles. The minimum atomic E-state index is -0.378. The van der Waals surface area contributed by atoms with Crippen LogP contribution in [0, 0.1) is 0 Å². The lowest BCUT2D eigenvalue weighted by Crippen LogP contribution is -2.28. The molecular formula is C17H14N6O2S2. The van der Waals surface area contributed by atoms with Crippen molar-refractivity contribution >= 4 is 39.8 Å². The van der Waals surface area contributed by atoms with E-state index in [0.29, 0.717) is 10.8 Å². The molecule has 0 saturated heterocycles. The lowest BCUT2D eigenvalue weighted by Gasteiger charge is -1.99. The first kappa shape index (κ1) is 17.4. The van der Waals surface area contributed by atoms with Crippen LogP contribution in [0.3, 0.4) is 0 Å². The number of benzene rings is 1. The van der Waals surface area contributed by atoms with Gasteiger partial charge in [-0.05, 0) is 17.7 Å². The third-order valence-electron chi connectivity index (χ3n) is 3.64. The predicted molar refractivity (Wildman–Crippen MR) is 104 cm³/mol. The average molecular weight is 398 g/mol. The Bertz CT molecular complexity index is 1140. The molecular weight excluding hydrogens is 384 g/mol. The first-order valence-electron chi connectivity index (χ1n) is 8.03. The van der Waals surface area contributed by atoms with Crippen molar-refractivity contribution in [1.29, 1.82) is 0 Å². The maximum absolute atomic E-state index is 12.2. The van der Waals surface area contributed by atoms with E-state index < -0.39 is 0 Å². The predicted octanol–water partition coefficient (Wildman–Crippen LogP) is 2.28. The number of pyridine rings is 1. The van der Waals surface area contributed by atoms with Gasteiger partial charge in [-0.3, -0.25) is 14.5 Å². The molecule has 136 valence electrons. The lowest BCUT2D eigenvalue weighted by atomic mass is 10.2. The van der Waals surface area contributed by atoms with Crippen molar-refractivity contribution in [3.63, 3.8) is 0 Å². The van der Waals surface area contributed by atoms with Crippen molar-refractivity contribution < 1.29 is 4.79 Å². The van der Waals surface area contributed by atoms with E-state index in [1.807, 2.05) is 30.3 Å². The van der Waals surface area contributed by atoms with Crippen molar-refractivity contribution in [2.45, 2.75) is 16.6 Å². The lowest BCUT2D eigenvalue weighted by molar-refractivity contribution is -0.117. The standard InChI is InChI=1S/C17H14N6O2S2/c24-14(10-23-17(25)22-9-5-4-8-13(22)21-23)18-15-19-20-16(27-15)26-11-12-6-2-1-3-7-12/h1-9H,10-11H2,(H,18,19,24). The largest absolute Gasteiger partial charge is 0.350 e. The Hall–Kier alpha value is -2.98. The fourth-order valence-corrected chi connectivity index (χ4v) is 4.13. The monoisotopic (exact) mass is 398 g/mol. The van der Waals surface area contributed by atoms with Gasteiger partial charge in [0.05, 0.1) is 0 Å². The molecule has 8 nitrogen and oxygen atoms in total. The van der Waals surface area contributed by atoms with E-state index in [-0.39, 0.29) is 18.1 Å². The van der Waals surface area contributed by atoms with Crippen LogP contribution in [0.1, 0.15) is 5.56 Å². The van der Waals surface area contributed by atoms with Gasteiger partial charge in [0.15, 0.2) is 9.99 Å². The van der Waals surface area contributed by atoms with Gasteiger partial charge >= 0.3 is 5.69 Å². The molecule has 1 aromatic carbocycles. The van der Waals surface area contributed by atoms with E-state index in [0.717, 1.165) is 14.8 Å². The molecule has 0 saturated carbocycles. The zero-order chi connectivity index (χ0) is 18.6. The van der Waals surface area contributed by atoms with Crippen molar-refractivity contribution in [3.8, 4) is 0 Å². The number of anilines is 1. The third kappa shape index (κ3) is 4.07. The quantitative estimate of drug-likeness (QED) is 0.396. The Morgan fingerprint density at radius 1 is 1.11 bits per heavy atom. The molecule has 0 spiro atoms. The van der Waals surface area contributed by atoms with Gasteiger partial charge in [0.2, 0.25) is 11.0 Å². The third-order valence-corrected chi connectivity index (χ3v) is 5.68.